The summed E-state index contributed by atoms with van der Waals surface area (Å²) in [7, 11) is 0. The molecule has 0 heterocycles. The van der Waals surface area contributed by atoms with E-state index in [0.717, 1.165) is 44.4 Å². The van der Waals surface area contributed by atoms with Crippen molar-refractivity contribution in [1.82, 2.24) is 5.32 Å². The Balaban J connectivity index is 1.86. The van der Waals surface area contributed by atoms with Crippen molar-refractivity contribution >= 4 is 5.91 Å². The van der Waals surface area contributed by atoms with Gasteiger partial charge < -0.3 is 11.1 Å². The Hall–Kier alpha value is -0.570. The maximum absolute atomic E-state index is 12.1. The molecule has 3 heteroatoms. The third-order valence-electron chi connectivity index (χ3n) is 4.22. The van der Waals surface area contributed by atoms with Crippen molar-refractivity contribution in [2.24, 2.45) is 11.7 Å². The Labute approximate surface area is 98.2 Å². The second-order valence-electron chi connectivity index (χ2n) is 5.81. The molecule has 1 amide bonds. The molecule has 2 atom stereocenters. The van der Waals surface area contributed by atoms with Crippen LogP contribution in [-0.4, -0.2) is 17.5 Å². The summed E-state index contributed by atoms with van der Waals surface area (Å²) in [5.74, 6) is 0.848. The molecule has 2 saturated carbocycles. The van der Waals surface area contributed by atoms with Gasteiger partial charge in [0.2, 0.25) is 5.91 Å². The largest absolute Gasteiger partial charge is 0.352 e. The van der Waals surface area contributed by atoms with Gasteiger partial charge in [0, 0.05) is 6.04 Å². The molecule has 2 aliphatic carbocycles. The lowest BCUT2D eigenvalue weighted by Crippen LogP contribution is -2.55. The number of amides is 1. The van der Waals surface area contributed by atoms with Crippen LogP contribution >= 0.6 is 0 Å². The second kappa shape index (κ2) is 4.74. The smallest absolute Gasteiger partial charge is 0.240 e. The highest BCUT2D eigenvalue weighted by atomic mass is 16.2. The predicted molar refractivity (Wildman–Crippen MR) is 64.9 cm³/mol. The first-order valence-corrected chi connectivity index (χ1v) is 6.70. The van der Waals surface area contributed by atoms with Crippen LogP contribution in [0, 0.1) is 5.92 Å². The second-order valence-corrected chi connectivity index (χ2v) is 5.81. The molecule has 92 valence electrons. The topological polar surface area (TPSA) is 55.1 Å². The van der Waals surface area contributed by atoms with Gasteiger partial charge in [0.05, 0.1) is 5.54 Å². The van der Waals surface area contributed by atoms with Gasteiger partial charge in [0.25, 0.3) is 0 Å². The highest BCUT2D eigenvalue weighted by molar-refractivity contribution is 5.86. The van der Waals surface area contributed by atoms with E-state index in [1.54, 1.807) is 0 Å². The first-order valence-electron chi connectivity index (χ1n) is 6.70. The SMILES string of the molecule is CC1CCCC(NC(=O)C2(N)CCCC2)C1. The summed E-state index contributed by atoms with van der Waals surface area (Å²) in [4.78, 5) is 12.1. The quantitative estimate of drug-likeness (QED) is 0.753. The molecule has 0 aliphatic heterocycles. The third-order valence-corrected chi connectivity index (χ3v) is 4.22. The summed E-state index contributed by atoms with van der Waals surface area (Å²) in [5.41, 5.74) is 5.59. The fourth-order valence-corrected chi connectivity index (χ4v) is 3.13. The van der Waals surface area contributed by atoms with Crippen molar-refractivity contribution in [1.29, 1.82) is 0 Å². The van der Waals surface area contributed by atoms with Gasteiger partial charge in [0.15, 0.2) is 0 Å². The lowest BCUT2D eigenvalue weighted by molar-refractivity contribution is -0.127. The average molecular weight is 224 g/mol. The first kappa shape index (κ1) is 11.9. The van der Waals surface area contributed by atoms with Crippen LogP contribution in [0.2, 0.25) is 0 Å². The zero-order valence-corrected chi connectivity index (χ0v) is 10.3. The van der Waals surface area contributed by atoms with Crippen LogP contribution in [0.5, 0.6) is 0 Å². The normalized spacial score (nSPS) is 33.6. The van der Waals surface area contributed by atoms with Crippen molar-refractivity contribution in [3.8, 4) is 0 Å². The van der Waals surface area contributed by atoms with Gasteiger partial charge in [0.1, 0.15) is 0 Å². The summed E-state index contributed by atoms with van der Waals surface area (Å²) in [5, 5.41) is 3.17. The summed E-state index contributed by atoms with van der Waals surface area (Å²) >= 11 is 0. The number of hydrogen-bond donors (Lipinski definition) is 2. The number of hydrogen-bond acceptors (Lipinski definition) is 2. The number of nitrogens with two attached hydrogens (primary N) is 1. The molecule has 0 bridgehead atoms. The fraction of sp³-hybridized carbons (Fsp3) is 0.923. The molecule has 0 saturated heterocycles. The molecule has 0 radical (unpaired) electrons. The Bertz CT molecular complexity index is 259. The molecular weight excluding hydrogens is 200 g/mol. The van der Waals surface area contributed by atoms with E-state index in [4.69, 9.17) is 5.73 Å². The molecule has 2 rings (SSSR count). The predicted octanol–water partition coefficient (Wildman–Crippen LogP) is 1.95. The molecule has 16 heavy (non-hydrogen) atoms. The summed E-state index contributed by atoms with van der Waals surface area (Å²) in [6, 6.07) is 0.372. The average Bonchev–Trinajstić information content (AvgIpc) is 2.66. The Morgan fingerprint density at radius 2 is 1.94 bits per heavy atom. The molecule has 2 fully saturated rings. The lowest BCUT2D eigenvalue weighted by atomic mass is 9.86. The molecule has 0 aromatic carbocycles. The van der Waals surface area contributed by atoms with Crippen molar-refractivity contribution in [2.75, 3.05) is 0 Å². The van der Waals surface area contributed by atoms with E-state index in [2.05, 4.69) is 12.2 Å². The van der Waals surface area contributed by atoms with Gasteiger partial charge >= 0.3 is 0 Å². The number of carbonyl (C=O) groups excluding carboxylic acids is 1. The van der Waals surface area contributed by atoms with E-state index in [9.17, 15) is 4.79 Å². The van der Waals surface area contributed by atoms with Crippen LogP contribution in [0.15, 0.2) is 0 Å². The Morgan fingerprint density at radius 1 is 1.25 bits per heavy atom. The third kappa shape index (κ3) is 2.57. The maximum Gasteiger partial charge on any atom is 0.240 e. The number of rotatable bonds is 2. The van der Waals surface area contributed by atoms with E-state index in [1.165, 1.54) is 12.8 Å². The van der Waals surface area contributed by atoms with Gasteiger partial charge in [-0.25, -0.2) is 0 Å². The van der Waals surface area contributed by atoms with Crippen molar-refractivity contribution < 1.29 is 4.79 Å². The van der Waals surface area contributed by atoms with Crippen molar-refractivity contribution in [3.05, 3.63) is 0 Å². The van der Waals surface area contributed by atoms with Gasteiger partial charge in [-0.05, 0) is 31.6 Å². The molecule has 2 aliphatic rings. The summed E-state index contributed by atoms with van der Waals surface area (Å²) < 4.78 is 0. The minimum absolute atomic E-state index is 0.101. The zero-order valence-electron chi connectivity index (χ0n) is 10.3. The highest BCUT2D eigenvalue weighted by Gasteiger charge is 2.38. The van der Waals surface area contributed by atoms with E-state index < -0.39 is 5.54 Å². The molecule has 3 nitrogen and oxygen atoms in total. The summed E-state index contributed by atoms with van der Waals surface area (Å²) in [6.07, 6.45) is 8.73. The molecule has 0 aromatic rings. The monoisotopic (exact) mass is 224 g/mol. The van der Waals surface area contributed by atoms with Crippen LogP contribution in [0.4, 0.5) is 0 Å². The maximum atomic E-state index is 12.1. The fourth-order valence-electron chi connectivity index (χ4n) is 3.13. The first-order chi connectivity index (χ1) is 7.60. The van der Waals surface area contributed by atoms with Crippen molar-refractivity contribution in [3.63, 3.8) is 0 Å². The number of carbonyl (C=O) groups is 1. The highest BCUT2D eigenvalue weighted by Crippen LogP contribution is 2.29. The Morgan fingerprint density at radius 3 is 2.56 bits per heavy atom. The van der Waals surface area contributed by atoms with Crippen molar-refractivity contribution in [2.45, 2.75) is 69.9 Å². The molecular formula is C13H24N2O. The number of nitrogens with one attached hydrogen (secondary N) is 1. The van der Waals surface area contributed by atoms with Crippen LogP contribution in [0.3, 0.4) is 0 Å². The minimum atomic E-state index is -0.555. The van der Waals surface area contributed by atoms with Crippen LogP contribution < -0.4 is 11.1 Å². The van der Waals surface area contributed by atoms with Gasteiger partial charge in [-0.15, -0.1) is 0 Å². The van der Waals surface area contributed by atoms with Gasteiger partial charge in [-0.2, -0.15) is 0 Å². The Kier molecular flexibility index (Phi) is 3.53. The van der Waals surface area contributed by atoms with Gasteiger partial charge in [-0.1, -0.05) is 32.6 Å². The van der Waals surface area contributed by atoms with E-state index in [-0.39, 0.29) is 5.91 Å². The van der Waals surface area contributed by atoms with E-state index in [0.29, 0.717) is 6.04 Å². The van der Waals surface area contributed by atoms with Crippen LogP contribution in [0.1, 0.15) is 58.3 Å². The van der Waals surface area contributed by atoms with Crippen LogP contribution in [0.25, 0.3) is 0 Å². The van der Waals surface area contributed by atoms with Crippen LogP contribution in [-0.2, 0) is 4.79 Å². The van der Waals surface area contributed by atoms with E-state index in [1.807, 2.05) is 0 Å². The molecule has 2 unspecified atom stereocenters. The molecule has 0 spiro atoms. The lowest BCUT2D eigenvalue weighted by Gasteiger charge is -2.31. The summed E-state index contributed by atoms with van der Waals surface area (Å²) in [6.45, 7) is 2.27. The molecule has 0 aromatic heterocycles. The minimum Gasteiger partial charge on any atom is -0.352 e. The zero-order chi connectivity index (χ0) is 11.6. The van der Waals surface area contributed by atoms with E-state index >= 15 is 0 Å². The standard InChI is InChI=1S/C13H24N2O/c1-10-5-4-6-11(9-10)15-12(16)13(14)7-2-3-8-13/h10-11H,2-9,14H2,1H3,(H,15,16). The molecule has 3 N–H and O–H groups in total. The van der Waals surface area contributed by atoms with Gasteiger partial charge in [-0.3, -0.25) is 4.79 Å².